The van der Waals surface area contributed by atoms with Gasteiger partial charge in [0.15, 0.2) is 5.96 Å². The zero-order valence-electron chi connectivity index (χ0n) is 14.3. The number of hydrogen-bond donors (Lipinski definition) is 1. The van der Waals surface area contributed by atoms with Gasteiger partial charge in [0.25, 0.3) is 0 Å². The number of thiazole rings is 1. The van der Waals surface area contributed by atoms with Crippen LogP contribution >= 0.6 is 11.3 Å². The first-order valence-electron chi connectivity index (χ1n) is 8.44. The van der Waals surface area contributed by atoms with E-state index in [1.54, 1.807) is 11.3 Å². The molecule has 1 aliphatic rings. The van der Waals surface area contributed by atoms with Crippen molar-refractivity contribution < 1.29 is 0 Å². The maximum Gasteiger partial charge on any atom is 0.194 e. The zero-order chi connectivity index (χ0) is 16.8. The molecule has 0 atom stereocenters. The number of nitrogens with one attached hydrogen (secondary N) is 1. The Kier molecular flexibility index (Phi) is 5.64. The van der Waals surface area contributed by atoms with E-state index < -0.39 is 0 Å². The molecule has 0 saturated carbocycles. The minimum absolute atomic E-state index is 0.699. The fourth-order valence-corrected chi connectivity index (χ4v) is 3.53. The molecule has 3 rings (SSSR count). The summed E-state index contributed by atoms with van der Waals surface area (Å²) in [7, 11) is 0. The minimum Gasteiger partial charge on any atom is -0.356 e. The van der Waals surface area contributed by atoms with Crippen molar-refractivity contribution in [1.29, 1.82) is 0 Å². The molecule has 1 aromatic heterocycles. The molecule has 2 aromatic rings. The Morgan fingerprint density at radius 1 is 1.33 bits per heavy atom. The lowest BCUT2D eigenvalue weighted by Gasteiger charge is -2.29. The van der Waals surface area contributed by atoms with Crippen molar-refractivity contribution in [3.05, 3.63) is 58.1 Å². The van der Waals surface area contributed by atoms with Gasteiger partial charge in [-0.2, -0.15) is 0 Å². The van der Waals surface area contributed by atoms with E-state index in [-0.39, 0.29) is 0 Å². The Labute approximate surface area is 148 Å². The summed E-state index contributed by atoms with van der Waals surface area (Å²) in [5.41, 5.74) is 5.74. The topological polar surface area (TPSA) is 40.5 Å². The highest BCUT2D eigenvalue weighted by molar-refractivity contribution is 7.09. The number of benzene rings is 1. The summed E-state index contributed by atoms with van der Waals surface area (Å²) in [6, 6.07) is 10.6. The Bertz CT molecular complexity index is 718. The average Bonchev–Trinajstić information content (AvgIpc) is 3.04. The van der Waals surface area contributed by atoms with Crippen LogP contribution in [0.5, 0.6) is 0 Å². The average molecular weight is 340 g/mol. The largest absolute Gasteiger partial charge is 0.356 e. The smallest absolute Gasteiger partial charge is 0.194 e. The molecule has 0 saturated heterocycles. The van der Waals surface area contributed by atoms with Crippen molar-refractivity contribution >= 4 is 22.9 Å². The third kappa shape index (κ3) is 4.03. The van der Waals surface area contributed by atoms with E-state index in [9.17, 15) is 0 Å². The van der Waals surface area contributed by atoms with Gasteiger partial charge in [0.1, 0.15) is 0 Å². The van der Waals surface area contributed by atoms with Crippen LogP contribution in [0, 0.1) is 6.92 Å². The highest BCUT2D eigenvalue weighted by atomic mass is 32.1. The van der Waals surface area contributed by atoms with Gasteiger partial charge in [0, 0.05) is 24.5 Å². The molecular formula is C19H24N4S. The van der Waals surface area contributed by atoms with E-state index >= 15 is 0 Å². The van der Waals surface area contributed by atoms with Gasteiger partial charge in [-0.15, -0.1) is 11.3 Å². The van der Waals surface area contributed by atoms with Crippen LogP contribution in [-0.2, 0) is 6.54 Å². The van der Waals surface area contributed by atoms with Crippen LogP contribution < -0.4 is 5.32 Å². The molecule has 0 aliphatic carbocycles. The molecule has 0 spiro atoms. The lowest BCUT2D eigenvalue weighted by atomic mass is 10.00. The van der Waals surface area contributed by atoms with Crippen LogP contribution in [0.2, 0.25) is 0 Å². The number of aryl methyl sites for hydroxylation is 1. The fourth-order valence-electron chi connectivity index (χ4n) is 2.83. The molecule has 1 N–H and O–H groups in total. The first-order chi connectivity index (χ1) is 11.8. The molecule has 4 nitrogen and oxygen atoms in total. The maximum absolute atomic E-state index is 4.81. The number of aliphatic imine (C=N–C) groups is 1. The van der Waals surface area contributed by atoms with Crippen molar-refractivity contribution in [3.8, 4) is 0 Å². The van der Waals surface area contributed by atoms with Gasteiger partial charge >= 0.3 is 0 Å². The molecule has 0 unspecified atom stereocenters. The first-order valence-corrected chi connectivity index (χ1v) is 9.32. The van der Waals surface area contributed by atoms with Crippen LogP contribution in [-0.4, -0.2) is 35.5 Å². The van der Waals surface area contributed by atoms with Crippen LogP contribution in [0.25, 0.3) is 5.57 Å². The molecule has 2 heterocycles. The van der Waals surface area contributed by atoms with Gasteiger partial charge in [0.2, 0.25) is 0 Å². The van der Waals surface area contributed by atoms with Crippen molar-refractivity contribution in [2.24, 2.45) is 4.99 Å². The van der Waals surface area contributed by atoms with Crippen molar-refractivity contribution in [2.45, 2.75) is 26.8 Å². The van der Waals surface area contributed by atoms with E-state index in [2.05, 4.69) is 58.5 Å². The summed E-state index contributed by atoms with van der Waals surface area (Å²) >= 11 is 1.68. The monoisotopic (exact) mass is 340 g/mol. The Balaban J connectivity index is 1.69. The Hall–Kier alpha value is -2.14. The van der Waals surface area contributed by atoms with Gasteiger partial charge < -0.3 is 10.2 Å². The second-order valence-corrected chi connectivity index (χ2v) is 6.76. The number of guanidine groups is 1. The van der Waals surface area contributed by atoms with E-state index in [0.29, 0.717) is 6.54 Å². The van der Waals surface area contributed by atoms with Crippen LogP contribution in [0.3, 0.4) is 0 Å². The quantitative estimate of drug-likeness (QED) is 0.681. The van der Waals surface area contributed by atoms with Crippen molar-refractivity contribution in [3.63, 3.8) is 0 Å². The van der Waals surface area contributed by atoms with Gasteiger partial charge in [-0.1, -0.05) is 36.4 Å². The molecule has 0 fully saturated rings. The molecule has 1 aromatic carbocycles. The molecular weight excluding hydrogens is 316 g/mol. The zero-order valence-corrected chi connectivity index (χ0v) is 15.1. The SMILES string of the molecule is CCNC(=NCc1scnc1C)N1CC=C(c2ccccc2)CC1. The van der Waals surface area contributed by atoms with Gasteiger partial charge in [-0.3, -0.25) is 0 Å². The van der Waals surface area contributed by atoms with Crippen LogP contribution in [0.4, 0.5) is 0 Å². The number of aromatic nitrogens is 1. The van der Waals surface area contributed by atoms with Gasteiger partial charge in [-0.05, 0) is 31.4 Å². The molecule has 0 bridgehead atoms. The summed E-state index contributed by atoms with van der Waals surface area (Å²) in [5, 5.41) is 3.42. The molecule has 0 amide bonds. The predicted molar refractivity (Wildman–Crippen MR) is 102 cm³/mol. The fraction of sp³-hybridized carbons (Fsp3) is 0.368. The summed E-state index contributed by atoms with van der Waals surface area (Å²) in [6.45, 7) is 7.63. The highest BCUT2D eigenvalue weighted by Crippen LogP contribution is 2.22. The van der Waals surface area contributed by atoms with E-state index in [1.807, 2.05) is 12.4 Å². The molecule has 126 valence electrons. The molecule has 5 heteroatoms. The van der Waals surface area contributed by atoms with Crippen molar-refractivity contribution in [1.82, 2.24) is 15.2 Å². The Morgan fingerprint density at radius 3 is 2.79 bits per heavy atom. The van der Waals surface area contributed by atoms with Gasteiger partial charge in [0.05, 0.1) is 17.7 Å². The van der Waals surface area contributed by atoms with Crippen LogP contribution in [0.15, 0.2) is 46.9 Å². The third-order valence-corrected chi connectivity index (χ3v) is 5.13. The lowest BCUT2D eigenvalue weighted by molar-refractivity contribution is 0.440. The number of nitrogens with zero attached hydrogens (tertiary/aromatic N) is 3. The highest BCUT2D eigenvalue weighted by Gasteiger charge is 2.16. The normalized spacial score (nSPS) is 15.3. The predicted octanol–water partition coefficient (Wildman–Crippen LogP) is 3.71. The maximum atomic E-state index is 4.81. The van der Waals surface area contributed by atoms with E-state index in [4.69, 9.17) is 4.99 Å². The molecule has 24 heavy (non-hydrogen) atoms. The second kappa shape index (κ2) is 8.11. The van der Waals surface area contributed by atoms with Crippen LogP contribution in [0.1, 0.15) is 29.5 Å². The number of rotatable bonds is 4. The first kappa shape index (κ1) is 16.7. The molecule has 1 aliphatic heterocycles. The molecule has 0 radical (unpaired) electrons. The van der Waals surface area contributed by atoms with Gasteiger partial charge in [-0.25, -0.2) is 9.98 Å². The standard InChI is InChI=1S/C19H24N4S/c1-3-20-19(21-13-18-15(2)22-14-24-18)23-11-9-17(10-12-23)16-7-5-4-6-8-16/h4-9,14H,3,10-13H2,1-2H3,(H,20,21). The number of hydrogen-bond acceptors (Lipinski definition) is 3. The van der Waals surface area contributed by atoms with Crippen molar-refractivity contribution in [2.75, 3.05) is 19.6 Å². The Morgan fingerprint density at radius 2 is 2.17 bits per heavy atom. The third-order valence-electron chi connectivity index (χ3n) is 4.21. The summed E-state index contributed by atoms with van der Waals surface area (Å²) in [4.78, 5) is 12.7. The lowest BCUT2D eigenvalue weighted by Crippen LogP contribution is -2.43. The minimum atomic E-state index is 0.699. The summed E-state index contributed by atoms with van der Waals surface area (Å²) < 4.78 is 0. The summed E-state index contributed by atoms with van der Waals surface area (Å²) in [6.07, 6.45) is 3.37. The summed E-state index contributed by atoms with van der Waals surface area (Å²) in [5.74, 6) is 0.994. The van der Waals surface area contributed by atoms with E-state index in [1.165, 1.54) is 16.0 Å². The van der Waals surface area contributed by atoms with E-state index in [0.717, 1.165) is 37.7 Å². The second-order valence-electron chi connectivity index (χ2n) is 5.82.